The van der Waals surface area contributed by atoms with Gasteiger partial charge in [-0.1, -0.05) is 90.4 Å². The zero-order valence-corrected chi connectivity index (χ0v) is 15.9. The molecule has 0 spiro atoms. The van der Waals surface area contributed by atoms with Gasteiger partial charge in [0.05, 0.1) is 0 Å². The van der Waals surface area contributed by atoms with Gasteiger partial charge in [-0.05, 0) is 19.3 Å². The van der Waals surface area contributed by atoms with Gasteiger partial charge in [0.15, 0.2) is 0 Å². The van der Waals surface area contributed by atoms with Crippen LogP contribution in [0.15, 0.2) is 0 Å². The molecule has 0 bridgehead atoms. The van der Waals surface area contributed by atoms with E-state index in [-0.39, 0.29) is 0 Å². The summed E-state index contributed by atoms with van der Waals surface area (Å²) in [7, 11) is 0. The van der Waals surface area contributed by atoms with Crippen molar-refractivity contribution in [2.24, 2.45) is 0 Å². The topological polar surface area (TPSA) is 20.2 Å². The van der Waals surface area contributed by atoms with Crippen molar-refractivity contribution in [1.29, 1.82) is 0 Å². The van der Waals surface area contributed by atoms with Gasteiger partial charge in [0.2, 0.25) is 0 Å². The summed E-state index contributed by atoms with van der Waals surface area (Å²) in [6.07, 6.45) is 23.5. The monoisotopic (exact) mass is 322 g/mol. The minimum Gasteiger partial charge on any atom is -0.396 e. The fourth-order valence-electron chi connectivity index (χ4n) is 2.91. The molecule has 0 atom stereocenters. The molecule has 0 aromatic heterocycles. The molecule has 23 heavy (non-hydrogen) atoms. The average molecular weight is 323 g/mol. The zero-order chi connectivity index (χ0) is 16.8. The molecule has 0 unspecified atom stereocenters. The van der Waals surface area contributed by atoms with Gasteiger partial charge in [0.1, 0.15) is 0 Å². The maximum Gasteiger partial charge on any atom is 0.0431 e. The molecule has 0 saturated carbocycles. The Morgan fingerprint density at radius 1 is 0.478 bits per heavy atom. The Labute approximate surface area is 146 Å². The molecule has 0 aliphatic heterocycles. The van der Waals surface area contributed by atoms with Gasteiger partial charge in [-0.15, -0.1) is 11.8 Å². The summed E-state index contributed by atoms with van der Waals surface area (Å²) >= 11 is 0. The summed E-state index contributed by atoms with van der Waals surface area (Å²) in [5.74, 6) is 6.69. The lowest BCUT2D eigenvalue weighted by atomic mass is 10.1. The van der Waals surface area contributed by atoms with Gasteiger partial charge in [-0.3, -0.25) is 0 Å². The third-order valence-electron chi connectivity index (χ3n) is 4.49. The molecule has 1 heteroatoms. The fourth-order valence-corrected chi connectivity index (χ4v) is 2.91. The molecular weight excluding hydrogens is 280 g/mol. The van der Waals surface area contributed by atoms with Crippen molar-refractivity contribution >= 4 is 0 Å². The summed E-state index contributed by atoms with van der Waals surface area (Å²) in [4.78, 5) is 0. The largest absolute Gasteiger partial charge is 0.396 e. The van der Waals surface area contributed by atoms with Crippen LogP contribution in [0.1, 0.15) is 122 Å². The van der Waals surface area contributed by atoms with E-state index in [0.717, 1.165) is 19.3 Å². The molecule has 1 nitrogen and oxygen atoms in total. The standard InChI is InChI=1S/C22H42O/c1-2-3-4-5-6-7-8-9-10-11-12-13-14-15-16-17-18-19-20-21-22-23/h23H,2-8,11-22H2,1H3. The molecule has 0 radical (unpaired) electrons. The molecular formula is C22H42O. The number of rotatable bonds is 17. The molecule has 0 aliphatic carbocycles. The quantitative estimate of drug-likeness (QED) is 0.225. The second kappa shape index (κ2) is 21.5. The predicted octanol–water partition coefficient (Wildman–Crippen LogP) is 7.02. The van der Waals surface area contributed by atoms with E-state index in [2.05, 4.69) is 18.8 Å². The van der Waals surface area contributed by atoms with Crippen LogP contribution in [-0.2, 0) is 0 Å². The Balaban J connectivity index is 3.06. The van der Waals surface area contributed by atoms with Crippen LogP contribution in [0.3, 0.4) is 0 Å². The third-order valence-corrected chi connectivity index (χ3v) is 4.49. The molecule has 0 aromatic rings. The summed E-state index contributed by atoms with van der Waals surface area (Å²) in [5.41, 5.74) is 0. The lowest BCUT2D eigenvalue weighted by Crippen LogP contribution is -1.84. The number of hydrogen-bond acceptors (Lipinski definition) is 1. The molecule has 0 aromatic carbocycles. The van der Waals surface area contributed by atoms with Crippen LogP contribution in [0.5, 0.6) is 0 Å². The van der Waals surface area contributed by atoms with E-state index in [0.29, 0.717) is 6.61 Å². The maximum absolute atomic E-state index is 8.70. The van der Waals surface area contributed by atoms with E-state index in [1.165, 1.54) is 96.3 Å². The third kappa shape index (κ3) is 21.5. The molecule has 0 rings (SSSR count). The molecule has 0 amide bonds. The first-order valence-electron chi connectivity index (χ1n) is 10.5. The smallest absolute Gasteiger partial charge is 0.0431 e. The summed E-state index contributed by atoms with van der Waals surface area (Å²) in [6, 6.07) is 0. The second-order valence-corrected chi connectivity index (χ2v) is 6.88. The summed E-state index contributed by atoms with van der Waals surface area (Å²) < 4.78 is 0. The Hall–Kier alpha value is -0.480. The van der Waals surface area contributed by atoms with E-state index in [1.807, 2.05) is 0 Å². The van der Waals surface area contributed by atoms with Crippen LogP contribution in [-0.4, -0.2) is 11.7 Å². The van der Waals surface area contributed by atoms with Crippen LogP contribution in [0.25, 0.3) is 0 Å². The van der Waals surface area contributed by atoms with Crippen molar-refractivity contribution in [3.8, 4) is 11.8 Å². The average Bonchev–Trinajstić information content (AvgIpc) is 2.57. The number of hydrogen-bond donors (Lipinski definition) is 1. The highest BCUT2D eigenvalue weighted by molar-refractivity contribution is 4.98. The van der Waals surface area contributed by atoms with Crippen molar-refractivity contribution in [3.63, 3.8) is 0 Å². The van der Waals surface area contributed by atoms with E-state index in [1.54, 1.807) is 0 Å². The van der Waals surface area contributed by atoms with Gasteiger partial charge in [-0.2, -0.15) is 0 Å². The van der Waals surface area contributed by atoms with Gasteiger partial charge in [-0.25, -0.2) is 0 Å². The van der Waals surface area contributed by atoms with E-state index >= 15 is 0 Å². The molecule has 0 heterocycles. The Morgan fingerprint density at radius 3 is 1.22 bits per heavy atom. The van der Waals surface area contributed by atoms with Crippen molar-refractivity contribution < 1.29 is 5.11 Å². The lowest BCUT2D eigenvalue weighted by Gasteiger charge is -2.01. The maximum atomic E-state index is 8.70. The molecule has 0 aliphatic rings. The summed E-state index contributed by atoms with van der Waals surface area (Å²) in [5, 5.41) is 8.70. The molecule has 136 valence electrons. The van der Waals surface area contributed by atoms with Gasteiger partial charge in [0.25, 0.3) is 0 Å². The normalized spacial score (nSPS) is 10.5. The van der Waals surface area contributed by atoms with Gasteiger partial charge >= 0.3 is 0 Å². The first kappa shape index (κ1) is 22.5. The van der Waals surface area contributed by atoms with Crippen LogP contribution in [0.4, 0.5) is 0 Å². The highest BCUT2D eigenvalue weighted by Crippen LogP contribution is 2.11. The van der Waals surface area contributed by atoms with Crippen LogP contribution in [0, 0.1) is 11.8 Å². The van der Waals surface area contributed by atoms with Crippen LogP contribution < -0.4 is 0 Å². The van der Waals surface area contributed by atoms with E-state index in [9.17, 15) is 0 Å². The molecule has 0 saturated heterocycles. The first-order valence-corrected chi connectivity index (χ1v) is 10.5. The highest BCUT2D eigenvalue weighted by atomic mass is 16.2. The predicted molar refractivity (Wildman–Crippen MR) is 104 cm³/mol. The number of unbranched alkanes of at least 4 members (excludes halogenated alkanes) is 16. The second-order valence-electron chi connectivity index (χ2n) is 6.88. The Kier molecular flexibility index (Phi) is 21.1. The number of aliphatic hydroxyl groups excluding tert-OH is 1. The molecule has 1 N–H and O–H groups in total. The van der Waals surface area contributed by atoms with Crippen molar-refractivity contribution in [2.45, 2.75) is 122 Å². The Morgan fingerprint density at radius 2 is 0.826 bits per heavy atom. The highest BCUT2D eigenvalue weighted by Gasteiger charge is 1.92. The molecule has 0 fully saturated rings. The van der Waals surface area contributed by atoms with Crippen LogP contribution >= 0.6 is 0 Å². The lowest BCUT2D eigenvalue weighted by molar-refractivity contribution is 0.282. The number of aliphatic hydroxyl groups is 1. The van der Waals surface area contributed by atoms with Crippen molar-refractivity contribution in [3.05, 3.63) is 0 Å². The van der Waals surface area contributed by atoms with Gasteiger partial charge < -0.3 is 5.11 Å². The minimum absolute atomic E-state index is 0.363. The first-order chi connectivity index (χ1) is 11.4. The fraction of sp³-hybridized carbons (Fsp3) is 0.909. The van der Waals surface area contributed by atoms with E-state index < -0.39 is 0 Å². The Bertz CT molecular complexity index is 261. The minimum atomic E-state index is 0.363. The SMILES string of the molecule is CCCCCCCCC#CCCCCCCCCCCCCO. The summed E-state index contributed by atoms with van der Waals surface area (Å²) in [6.45, 7) is 2.63. The van der Waals surface area contributed by atoms with Gasteiger partial charge in [0, 0.05) is 19.4 Å². The van der Waals surface area contributed by atoms with Crippen molar-refractivity contribution in [2.75, 3.05) is 6.61 Å². The zero-order valence-electron chi connectivity index (χ0n) is 15.9. The van der Waals surface area contributed by atoms with E-state index in [4.69, 9.17) is 5.11 Å². The van der Waals surface area contributed by atoms with Crippen molar-refractivity contribution in [1.82, 2.24) is 0 Å². The van der Waals surface area contributed by atoms with Crippen LogP contribution in [0.2, 0.25) is 0 Å².